The standard InChI is InChI=1S/C17H25NO3/c1-3-13-8-9-15(12(13)2)18-10-11-21-16-7-5-4-6-14(16)17(19)20/h4-7,12-13,15,18H,3,8-11H2,1-2H3,(H,19,20). The SMILES string of the molecule is CCC1CCC(NCCOc2ccccc2C(=O)O)C1C. The monoisotopic (exact) mass is 291 g/mol. The molecule has 21 heavy (non-hydrogen) atoms. The summed E-state index contributed by atoms with van der Waals surface area (Å²) >= 11 is 0. The number of ether oxygens (including phenoxy) is 1. The highest BCUT2D eigenvalue weighted by molar-refractivity contribution is 5.90. The summed E-state index contributed by atoms with van der Waals surface area (Å²) in [5.41, 5.74) is 0.220. The van der Waals surface area contributed by atoms with Crippen LogP contribution in [-0.4, -0.2) is 30.3 Å². The summed E-state index contributed by atoms with van der Waals surface area (Å²) in [6.07, 6.45) is 3.78. The van der Waals surface area contributed by atoms with Crippen LogP contribution in [0.15, 0.2) is 24.3 Å². The molecule has 1 aliphatic carbocycles. The Kier molecular flexibility index (Phi) is 5.62. The first-order chi connectivity index (χ1) is 10.1. The highest BCUT2D eigenvalue weighted by atomic mass is 16.5. The van der Waals surface area contributed by atoms with Crippen molar-refractivity contribution in [2.45, 2.75) is 39.2 Å². The molecule has 0 aliphatic heterocycles. The fourth-order valence-corrected chi connectivity index (χ4v) is 3.29. The summed E-state index contributed by atoms with van der Waals surface area (Å²) in [6.45, 7) is 5.82. The quantitative estimate of drug-likeness (QED) is 0.758. The number of carbonyl (C=O) groups is 1. The largest absolute Gasteiger partial charge is 0.491 e. The van der Waals surface area contributed by atoms with Gasteiger partial charge in [0.1, 0.15) is 17.9 Å². The summed E-state index contributed by atoms with van der Waals surface area (Å²) in [5.74, 6) is 1.03. The summed E-state index contributed by atoms with van der Waals surface area (Å²) in [6, 6.07) is 7.33. The third-order valence-corrected chi connectivity index (χ3v) is 4.63. The Morgan fingerprint density at radius 2 is 2.14 bits per heavy atom. The van der Waals surface area contributed by atoms with Crippen LogP contribution >= 0.6 is 0 Å². The van der Waals surface area contributed by atoms with Gasteiger partial charge in [-0.15, -0.1) is 0 Å². The van der Waals surface area contributed by atoms with E-state index in [1.54, 1.807) is 24.3 Å². The van der Waals surface area contributed by atoms with Crippen molar-refractivity contribution in [3.05, 3.63) is 29.8 Å². The molecule has 4 heteroatoms. The highest BCUT2D eigenvalue weighted by Gasteiger charge is 2.30. The molecule has 0 saturated heterocycles. The molecule has 0 aromatic heterocycles. The Balaban J connectivity index is 1.77. The fraction of sp³-hybridized carbons (Fsp3) is 0.588. The minimum absolute atomic E-state index is 0.220. The van der Waals surface area contributed by atoms with Gasteiger partial charge in [-0.25, -0.2) is 4.79 Å². The highest BCUT2D eigenvalue weighted by Crippen LogP contribution is 2.33. The average molecular weight is 291 g/mol. The van der Waals surface area contributed by atoms with Crippen LogP contribution in [0.4, 0.5) is 0 Å². The smallest absolute Gasteiger partial charge is 0.339 e. The van der Waals surface area contributed by atoms with E-state index in [-0.39, 0.29) is 5.56 Å². The Labute approximate surface area is 126 Å². The molecule has 116 valence electrons. The van der Waals surface area contributed by atoms with Gasteiger partial charge in [-0.05, 0) is 36.8 Å². The molecular formula is C17H25NO3. The number of para-hydroxylation sites is 1. The third kappa shape index (κ3) is 3.97. The maximum absolute atomic E-state index is 11.1. The minimum atomic E-state index is -0.950. The van der Waals surface area contributed by atoms with E-state index in [0.29, 0.717) is 24.3 Å². The molecule has 0 heterocycles. The summed E-state index contributed by atoms with van der Waals surface area (Å²) in [5, 5.41) is 12.6. The second-order valence-corrected chi connectivity index (χ2v) is 5.82. The lowest BCUT2D eigenvalue weighted by atomic mass is 9.93. The first-order valence-corrected chi connectivity index (χ1v) is 7.82. The molecule has 0 amide bonds. The maximum atomic E-state index is 11.1. The fourth-order valence-electron chi connectivity index (χ4n) is 3.29. The topological polar surface area (TPSA) is 58.6 Å². The zero-order chi connectivity index (χ0) is 15.2. The average Bonchev–Trinajstić information content (AvgIpc) is 2.84. The van der Waals surface area contributed by atoms with Gasteiger partial charge >= 0.3 is 5.97 Å². The van der Waals surface area contributed by atoms with Crippen molar-refractivity contribution in [3.63, 3.8) is 0 Å². The zero-order valence-corrected chi connectivity index (χ0v) is 12.8. The van der Waals surface area contributed by atoms with Crippen molar-refractivity contribution in [2.24, 2.45) is 11.8 Å². The van der Waals surface area contributed by atoms with Gasteiger partial charge in [0.05, 0.1) is 0 Å². The van der Waals surface area contributed by atoms with Crippen molar-refractivity contribution >= 4 is 5.97 Å². The lowest BCUT2D eigenvalue weighted by Crippen LogP contribution is -2.35. The van der Waals surface area contributed by atoms with Crippen molar-refractivity contribution in [2.75, 3.05) is 13.2 Å². The molecule has 1 aromatic carbocycles. The number of aromatic carboxylic acids is 1. The van der Waals surface area contributed by atoms with Gasteiger partial charge in [-0.3, -0.25) is 0 Å². The molecule has 0 radical (unpaired) electrons. The number of hydrogen-bond acceptors (Lipinski definition) is 3. The number of carboxylic acid groups (broad SMARTS) is 1. The van der Waals surface area contributed by atoms with Gasteiger partial charge in [-0.2, -0.15) is 0 Å². The van der Waals surface area contributed by atoms with Crippen molar-refractivity contribution in [1.82, 2.24) is 5.32 Å². The van der Waals surface area contributed by atoms with Gasteiger partial charge in [0.25, 0.3) is 0 Å². The lowest BCUT2D eigenvalue weighted by Gasteiger charge is -2.21. The van der Waals surface area contributed by atoms with Gasteiger partial charge in [0.2, 0.25) is 0 Å². The second kappa shape index (κ2) is 7.46. The number of hydrogen-bond donors (Lipinski definition) is 2. The molecule has 2 N–H and O–H groups in total. The van der Waals surface area contributed by atoms with Crippen LogP contribution in [-0.2, 0) is 0 Å². The molecule has 3 atom stereocenters. The van der Waals surface area contributed by atoms with E-state index in [2.05, 4.69) is 19.2 Å². The van der Waals surface area contributed by atoms with Crippen molar-refractivity contribution in [3.8, 4) is 5.75 Å². The third-order valence-electron chi connectivity index (χ3n) is 4.63. The number of nitrogens with one attached hydrogen (secondary N) is 1. The van der Waals surface area contributed by atoms with E-state index < -0.39 is 5.97 Å². The Morgan fingerprint density at radius 3 is 2.81 bits per heavy atom. The van der Waals surface area contributed by atoms with Gasteiger partial charge in [0.15, 0.2) is 0 Å². The van der Waals surface area contributed by atoms with Crippen LogP contribution < -0.4 is 10.1 Å². The molecule has 0 bridgehead atoms. The normalized spacial score (nSPS) is 25.0. The molecule has 3 unspecified atom stereocenters. The molecule has 1 aromatic rings. The lowest BCUT2D eigenvalue weighted by molar-refractivity contribution is 0.0692. The summed E-state index contributed by atoms with van der Waals surface area (Å²) in [4.78, 5) is 11.1. The predicted molar refractivity (Wildman–Crippen MR) is 82.9 cm³/mol. The summed E-state index contributed by atoms with van der Waals surface area (Å²) < 4.78 is 5.60. The first-order valence-electron chi connectivity index (χ1n) is 7.82. The van der Waals surface area contributed by atoms with Crippen LogP contribution in [0.1, 0.15) is 43.5 Å². The van der Waals surface area contributed by atoms with E-state index in [1.807, 2.05) is 0 Å². The Morgan fingerprint density at radius 1 is 1.38 bits per heavy atom. The van der Waals surface area contributed by atoms with Crippen LogP contribution in [0.25, 0.3) is 0 Å². The molecule has 1 fully saturated rings. The summed E-state index contributed by atoms with van der Waals surface area (Å²) in [7, 11) is 0. The van der Waals surface area contributed by atoms with Crippen LogP contribution in [0, 0.1) is 11.8 Å². The van der Waals surface area contributed by atoms with E-state index in [9.17, 15) is 4.79 Å². The number of rotatable bonds is 7. The van der Waals surface area contributed by atoms with E-state index >= 15 is 0 Å². The number of benzene rings is 1. The van der Waals surface area contributed by atoms with E-state index in [0.717, 1.165) is 12.5 Å². The van der Waals surface area contributed by atoms with Crippen LogP contribution in [0.5, 0.6) is 5.75 Å². The Bertz CT molecular complexity index is 475. The molecule has 0 spiro atoms. The van der Waals surface area contributed by atoms with Gasteiger partial charge in [-0.1, -0.05) is 32.4 Å². The van der Waals surface area contributed by atoms with Gasteiger partial charge < -0.3 is 15.2 Å². The van der Waals surface area contributed by atoms with Crippen molar-refractivity contribution in [1.29, 1.82) is 0 Å². The van der Waals surface area contributed by atoms with Crippen molar-refractivity contribution < 1.29 is 14.6 Å². The first kappa shape index (κ1) is 15.8. The molecule has 4 nitrogen and oxygen atoms in total. The van der Waals surface area contributed by atoms with Crippen LogP contribution in [0.3, 0.4) is 0 Å². The molecule has 1 aliphatic rings. The number of carboxylic acids is 1. The van der Waals surface area contributed by atoms with E-state index in [1.165, 1.54) is 19.3 Å². The molecule has 2 rings (SSSR count). The van der Waals surface area contributed by atoms with Gasteiger partial charge in [0, 0.05) is 12.6 Å². The van der Waals surface area contributed by atoms with E-state index in [4.69, 9.17) is 9.84 Å². The zero-order valence-electron chi connectivity index (χ0n) is 12.8. The molecular weight excluding hydrogens is 266 g/mol. The molecule has 1 saturated carbocycles. The predicted octanol–water partition coefficient (Wildman–Crippen LogP) is 3.18. The minimum Gasteiger partial charge on any atom is -0.491 e. The van der Waals surface area contributed by atoms with Crippen LogP contribution in [0.2, 0.25) is 0 Å². The second-order valence-electron chi connectivity index (χ2n) is 5.82. The Hall–Kier alpha value is -1.55. The maximum Gasteiger partial charge on any atom is 0.339 e.